The van der Waals surface area contributed by atoms with Gasteiger partial charge in [-0.25, -0.2) is 4.39 Å². The van der Waals surface area contributed by atoms with Crippen LogP contribution in [0.1, 0.15) is 22.8 Å². The number of hydrogen-bond donors (Lipinski definition) is 1. The minimum Gasteiger partial charge on any atom is -0.491 e. The summed E-state index contributed by atoms with van der Waals surface area (Å²) in [5, 5.41) is 10.6. The lowest BCUT2D eigenvalue weighted by molar-refractivity contribution is 0.142. The highest BCUT2D eigenvalue weighted by Crippen LogP contribution is 2.31. The maximum absolute atomic E-state index is 13.2. The molecule has 0 aromatic heterocycles. The molecule has 0 spiro atoms. The Labute approximate surface area is 124 Å². The molecular weight excluding hydrogens is 271 g/mol. The van der Waals surface area contributed by atoms with Crippen LogP contribution < -0.4 is 4.74 Å². The van der Waals surface area contributed by atoms with E-state index >= 15 is 0 Å². The molecule has 0 bridgehead atoms. The van der Waals surface area contributed by atoms with Crippen LogP contribution in [0.25, 0.3) is 0 Å². The molecule has 0 saturated heterocycles. The number of hydrogen-bond acceptors (Lipinski definition) is 3. The van der Waals surface area contributed by atoms with Crippen LogP contribution in [-0.4, -0.2) is 25.4 Å². The number of para-hydroxylation sites is 1. The Kier molecular flexibility index (Phi) is 5.31. The average Bonchev–Trinajstić information content (AvgIpc) is 2.47. The van der Waals surface area contributed by atoms with Gasteiger partial charge in [0.2, 0.25) is 0 Å². The molecule has 0 aliphatic heterocycles. The summed E-state index contributed by atoms with van der Waals surface area (Å²) >= 11 is 0. The number of rotatable bonds is 6. The summed E-state index contributed by atoms with van der Waals surface area (Å²) < 4.78 is 23.8. The first-order chi connectivity index (χ1) is 10.1. The molecule has 0 fully saturated rings. The van der Waals surface area contributed by atoms with Gasteiger partial charge in [0.15, 0.2) is 0 Å². The van der Waals surface area contributed by atoms with Crippen LogP contribution in [0, 0.1) is 12.7 Å². The van der Waals surface area contributed by atoms with Gasteiger partial charge in [0.25, 0.3) is 0 Å². The fourth-order valence-corrected chi connectivity index (χ4v) is 2.19. The Morgan fingerprint density at radius 3 is 2.57 bits per heavy atom. The molecule has 0 saturated carbocycles. The fraction of sp³-hybridized carbons (Fsp3) is 0.294. The molecule has 112 valence electrons. The number of benzene rings is 2. The second-order valence-electron chi connectivity index (χ2n) is 4.78. The van der Waals surface area contributed by atoms with Gasteiger partial charge in [-0.1, -0.05) is 24.3 Å². The predicted octanol–water partition coefficient (Wildman–Crippen LogP) is 3.24. The van der Waals surface area contributed by atoms with E-state index in [1.54, 1.807) is 32.2 Å². The van der Waals surface area contributed by atoms with Crippen LogP contribution in [0.3, 0.4) is 0 Å². The number of halogens is 1. The second-order valence-corrected chi connectivity index (χ2v) is 4.78. The Bertz CT molecular complexity index is 598. The van der Waals surface area contributed by atoms with E-state index in [0.717, 1.165) is 0 Å². The zero-order valence-electron chi connectivity index (χ0n) is 12.2. The van der Waals surface area contributed by atoms with Gasteiger partial charge in [-0.2, -0.15) is 0 Å². The first kappa shape index (κ1) is 15.5. The van der Waals surface area contributed by atoms with Crippen molar-refractivity contribution < 1.29 is 19.0 Å². The number of aliphatic hydroxyl groups is 1. The largest absolute Gasteiger partial charge is 0.491 e. The maximum Gasteiger partial charge on any atom is 0.125 e. The van der Waals surface area contributed by atoms with Gasteiger partial charge >= 0.3 is 0 Å². The van der Waals surface area contributed by atoms with Crippen molar-refractivity contribution in [2.75, 3.05) is 20.3 Å². The summed E-state index contributed by atoms with van der Waals surface area (Å²) in [7, 11) is 1.60. The van der Waals surface area contributed by atoms with E-state index in [-0.39, 0.29) is 5.82 Å². The fourth-order valence-electron chi connectivity index (χ4n) is 2.19. The van der Waals surface area contributed by atoms with Crippen molar-refractivity contribution in [2.45, 2.75) is 13.0 Å². The van der Waals surface area contributed by atoms with Gasteiger partial charge in [0.1, 0.15) is 24.3 Å². The molecule has 0 aliphatic rings. The van der Waals surface area contributed by atoms with Crippen LogP contribution in [0.5, 0.6) is 5.75 Å². The monoisotopic (exact) mass is 290 g/mol. The van der Waals surface area contributed by atoms with E-state index in [9.17, 15) is 9.50 Å². The second kappa shape index (κ2) is 7.20. The molecule has 4 heteroatoms. The number of ether oxygens (including phenoxy) is 2. The van der Waals surface area contributed by atoms with Crippen molar-refractivity contribution in [2.24, 2.45) is 0 Å². The summed E-state index contributed by atoms with van der Waals surface area (Å²) in [4.78, 5) is 0. The van der Waals surface area contributed by atoms with E-state index in [1.807, 2.05) is 12.1 Å². The third-order valence-electron chi connectivity index (χ3n) is 3.29. The molecule has 0 aliphatic carbocycles. The van der Waals surface area contributed by atoms with Crippen molar-refractivity contribution in [3.05, 3.63) is 65.0 Å². The standard InChI is InChI=1S/C17H19FO3/c1-12-11-13(18)7-8-14(12)17(19)15-5-3-4-6-16(15)21-10-9-20-2/h3-8,11,17,19H,9-10H2,1-2H3. The van der Waals surface area contributed by atoms with Crippen LogP contribution in [0.2, 0.25) is 0 Å². The summed E-state index contributed by atoms with van der Waals surface area (Å²) in [6, 6.07) is 11.6. The van der Waals surface area contributed by atoms with Gasteiger partial charge in [-0.05, 0) is 36.2 Å². The molecule has 2 aromatic rings. The SMILES string of the molecule is COCCOc1ccccc1C(O)c1ccc(F)cc1C. The van der Waals surface area contributed by atoms with E-state index in [2.05, 4.69) is 0 Å². The minimum absolute atomic E-state index is 0.312. The van der Waals surface area contributed by atoms with Gasteiger partial charge in [0, 0.05) is 12.7 Å². The highest BCUT2D eigenvalue weighted by molar-refractivity contribution is 5.42. The molecule has 1 N–H and O–H groups in total. The van der Waals surface area contributed by atoms with Crippen molar-refractivity contribution >= 4 is 0 Å². The van der Waals surface area contributed by atoms with E-state index in [1.165, 1.54) is 12.1 Å². The Morgan fingerprint density at radius 1 is 1.10 bits per heavy atom. The molecule has 3 nitrogen and oxygen atoms in total. The Hall–Kier alpha value is -1.91. The average molecular weight is 290 g/mol. The topological polar surface area (TPSA) is 38.7 Å². The molecule has 0 amide bonds. The van der Waals surface area contributed by atoms with Crippen LogP contribution in [-0.2, 0) is 4.74 Å². The molecule has 2 rings (SSSR count). The zero-order valence-corrected chi connectivity index (χ0v) is 12.2. The van der Waals surface area contributed by atoms with E-state index in [4.69, 9.17) is 9.47 Å². The third kappa shape index (κ3) is 3.80. The summed E-state index contributed by atoms with van der Waals surface area (Å²) in [6.07, 6.45) is -0.857. The van der Waals surface area contributed by atoms with Gasteiger partial charge < -0.3 is 14.6 Å². The quantitative estimate of drug-likeness (QED) is 0.830. The zero-order chi connectivity index (χ0) is 15.2. The lowest BCUT2D eigenvalue weighted by atomic mass is 9.97. The summed E-state index contributed by atoms with van der Waals surface area (Å²) in [5.74, 6) is 0.291. The van der Waals surface area contributed by atoms with Crippen LogP contribution >= 0.6 is 0 Å². The van der Waals surface area contributed by atoms with Crippen LogP contribution in [0.15, 0.2) is 42.5 Å². The minimum atomic E-state index is -0.857. The maximum atomic E-state index is 13.2. The number of aliphatic hydroxyl groups excluding tert-OH is 1. The molecule has 1 atom stereocenters. The first-order valence-electron chi connectivity index (χ1n) is 6.78. The molecule has 0 radical (unpaired) electrons. The summed E-state index contributed by atoms with van der Waals surface area (Å²) in [5.41, 5.74) is 2.02. The normalized spacial score (nSPS) is 12.2. The Morgan fingerprint density at radius 2 is 1.86 bits per heavy atom. The molecule has 0 heterocycles. The third-order valence-corrected chi connectivity index (χ3v) is 3.29. The first-order valence-corrected chi connectivity index (χ1v) is 6.78. The van der Waals surface area contributed by atoms with Gasteiger partial charge in [-0.15, -0.1) is 0 Å². The molecule has 21 heavy (non-hydrogen) atoms. The number of aryl methyl sites for hydroxylation is 1. The molecular formula is C17H19FO3. The lowest BCUT2D eigenvalue weighted by Crippen LogP contribution is -2.09. The summed E-state index contributed by atoms with van der Waals surface area (Å²) in [6.45, 7) is 2.65. The Balaban J connectivity index is 2.27. The van der Waals surface area contributed by atoms with Crippen molar-refractivity contribution in [3.63, 3.8) is 0 Å². The molecule has 2 aromatic carbocycles. The molecule has 1 unspecified atom stereocenters. The van der Waals surface area contributed by atoms with Crippen LogP contribution in [0.4, 0.5) is 4.39 Å². The number of methoxy groups -OCH3 is 1. The van der Waals surface area contributed by atoms with Crippen molar-refractivity contribution in [1.29, 1.82) is 0 Å². The van der Waals surface area contributed by atoms with E-state index < -0.39 is 6.10 Å². The smallest absolute Gasteiger partial charge is 0.125 e. The van der Waals surface area contributed by atoms with Gasteiger partial charge in [0.05, 0.1) is 6.61 Å². The highest BCUT2D eigenvalue weighted by Gasteiger charge is 2.17. The van der Waals surface area contributed by atoms with E-state index in [0.29, 0.717) is 35.7 Å². The van der Waals surface area contributed by atoms with Crippen molar-refractivity contribution in [1.82, 2.24) is 0 Å². The lowest BCUT2D eigenvalue weighted by Gasteiger charge is -2.18. The predicted molar refractivity (Wildman–Crippen MR) is 79.0 cm³/mol. The van der Waals surface area contributed by atoms with Gasteiger partial charge in [-0.3, -0.25) is 0 Å². The highest BCUT2D eigenvalue weighted by atomic mass is 19.1. The van der Waals surface area contributed by atoms with Crippen molar-refractivity contribution in [3.8, 4) is 5.75 Å².